The molecule has 104 valence electrons. The number of ether oxygens (including phenoxy) is 1. The number of aromatic nitrogens is 3. The van der Waals surface area contributed by atoms with Crippen molar-refractivity contribution >= 4 is 16.9 Å². The van der Waals surface area contributed by atoms with Crippen LogP contribution in [0.2, 0.25) is 0 Å². The molecular weight excluding hydrogens is 273 g/mol. The van der Waals surface area contributed by atoms with Crippen LogP contribution in [0.1, 0.15) is 0 Å². The van der Waals surface area contributed by atoms with Crippen molar-refractivity contribution in [2.45, 2.75) is 0 Å². The molecule has 6 heteroatoms. The Morgan fingerprint density at radius 2 is 2.10 bits per heavy atom. The Bertz CT molecular complexity index is 941. The van der Waals surface area contributed by atoms with E-state index in [1.807, 2.05) is 22.6 Å². The number of pyridine rings is 1. The smallest absolute Gasteiger partial charge is 0.307 e. The molecule has 0 unspecified atom stereocenters. The Kier molecular flexibility index (Phi) is 2.44. The van der Waals surface area contributed by atoms with E-state index < -0.39 is 0 Å². The van der Waals surface area contributed by atoms with Gasteiger partial charge in [0.1, 0.15) is 17.3 Å². The first-order valence-electron chi connectivity index (χ1n) is 6.32. The number of hydrogen-bond donors (Lipinski definition) is 0. The zero-order valence-corrected chi connectivity index (χ0v) is 11.1. The molecule has 0 aliphatic carbocycles. The molecular formula is C15H10FN3O2. The van der Waals surface area contributed by atoms with E-state index in [1.54, 1.807) is 19.4 Å². The standard InChI is InChI=1S/C15H10FN3O2/c1-20-10-3-5-14-13(6-10)19-8-12(18-15(19)21-14)11-4-2-9(16)7-17-11/h2-8H,1H3. The lowest BCUT2D eigenvalue weighted by Crippen LogP contribution is -1.85. The molecule has 0 aliphatic heterocycles. The summed E-state index contributed by atoms with van der Waals surface area (Å²) < 4.78 is 25.6. The molecule has 4 aromatic rings. The summed E-state index contributed by atoms with van der Waals surface area (Å²) in [4.78, 5) is 8.40. The molecule has 0 bridgehead atoms. The zero-order valence-electron chi connectivity index (χ0n) is 11.1. The predicted octanol–water partition coefficient (Wildman–Crippen LogP) is 3.29. The van der Waals surface area contributed by atoms with E-state index in [0.29, 0.717) is 17.2 Å². The highest BCUT2D eigenvalue weighted by Gasteiger charge is 2.13. The van der Waals surface area contributed by atoms with Gasteiger partial charge in [-0.25, -0.2) is 4.39 Å². The van der Waals surface area contributed by atoms with Gasteiger partial charge in [-0.15, -0.1) is 0 Å². The van der Waals surface area contributed by atoms with Gasteiger partial charge in [0.05, 0.1) is 24.5 Å². The molecule has 0 aliphatic rings. The third-order valence-electron chi connectivity index (χ3n) is 3.29. The van der Waals surface area contributed by atoms with Crippen LogP contribution in [0, 0.1) is 5.82 Å². The van der Waals surface area contributed by atoms with Crippen LogP contribution >= 0.6 is 0 Å². The summed E-state index contributed by atoms with van der Waals surface area (Å²) in [6.45, 7) is 0. The summed E-state index contributed by atoms with van der Waals surface area (Å²) in [6.07, 6.45) is 2.97. The lowest BCUT2D eigenvalue weighted by molar-refractivity contribution is 0.415. The van der Waals surface area contributed by atoms with Crippen molar-refractivity contribution in [3.8, 4) is 17.1 Å². The number of nitrogens with zero attached hydrogens (tertiary/aromatic N) is 3. The minimum Gasteiger partial charge on any atom is -0.497 e. The Balaban J connectivity index is 1.91. The average Bonchev–Trinajstić information content (AvgIpc) is 3.05. The number of fused-ring (bicyclic) bond motifs is 3. The van der Waals surface area contributed by atoms with Crippen molar-refractivity contribution in [2.75, 3.05) is 7.11 Å². The fraction of sp³-hybridized carbons (Fsp3) is 0.0667. The van der Waals surface area contributed by atoms with Crippen LogP contribution in [0.5, 0.6) is 5.75 Å². The number of imidazole rings is 1. The van der Waals surface area contributed by atoms with Gasteiger partial charge in [-0.05, 0) is 24.3 Å². The van der Waals surface area contributed by atoms with Crippen LogP contribution < -0.4 is 4.74 Å². The molecule has 5 nitrogen and oxygen atoms in total. The van der Waals surface area contributed by atoms with Gasteiger partial charge in [0.15, 0.2) is 5.58 Å². The Hall–Kier alpha value is -2.89. The second kappa shape index (κ2) is 4.31. The van der Waals surface area contributed by atoms with Gasteiger partial charge >= 0.3 is 5.84 Å². The van der Waals surface area contributed by atoms with E-state index in [-0.39, 0.29) is 5.82 Å². The summed E-state index contributed by atoms with van der Waals surface area (Å²) in [5, 5.41) is 0. The van der Waals surface area contributed by atoms with Gasteiger partial charge in [0, 0.05) is 12.3 Å². The maximum atomic E-state index is 12.9. The molecule has 0 fully saturated rings. The van der Waals surface area contributed by atoms with E-state index in [4.69, 9.17) is 9.15 Å². The van der Waals surface area contributed by atoms with Crippen LogP contribution in [0.15, 0.2) is 47.1 Å². The first-order valence-corrected chi connectivity index (χ1v) is 6.32. The fourth-order valence-corrected chi connectivity index (χ4v) is 2.26. The normalized spacial score (nSPS) is 11.3. The first-order chi connectivity index (χ1) is 10.2. The highest BCUT2D eigenvalue weighted by molar-refractivity contribution is 5.79. The Morgan fingerprint density at radius 1 is 1.19 bits per heavy atom. The van der Waals surface area contributed by atoms with Crippen LogP contribution in [0.3, 0.4) is 0 Å². The molecule has 0 atom stereocenters. The minimum atomic E-state index is -0.378. The minimum absolute atomic E-state index is 0.378. The average molecular weight is 283 g/mol. The summed E-state index contributed by atoms with van der Waals surface area (Å²) in [7, 11) is 1.61. The zero-order chi connectivity index (χ0) is 14.4. The second-order valence-electron chi connectivity index (χ2n) is 4.58. The van der Waals surface area contributed by atoms with Crippen molar-refractivity contribution < 1.29 is 13.5 Å². The first kappa shape index (κ1) is 11.9. The molecule has 0 N–H and O–H groups in total. The molecule has 0 saturated carbocycles. The molecule has 3 aromatic heterocycles. The lowest BCUT2D eigenvalue weighted by Gasteiger charge is -1.98. The van der Waals surface area contributed by atoms with Crippen molar-refractivity contribution in [2.24, 2.45) is 0 Å². The van der Waals surface area contributed by atoms with Gasteiger partial charge in [-0.3, -0.25) is 9.38 Å². The van der Waals surface area contributed by atoms with Crippen LogP contribution in [0.25, 0.3) is 28.3 Å². The highest BCUT2D eigenvalue weighted by Crippen LogP contribution is 2.27. The highest BCUT2D eigenvalue weighted by atomic mass is 19.1. The van der Waals surface area contributed by atoms with E-state index in [9.17, 15) is 4.39 Å². The lowest BCUT2D eigenvalue weighted by atomic mass is 10.3. The van der Waals surface area contributed by atoms with E-state index in [0.717, 1.165) is 23.0 Å². The third-order valence-corrected chi connectivity index (χ3v) is 3.29. The summed E-state index contributed by atoms with van der Waals surface area (Å²) >= 11 is 0. The Labute approximate surface area is 118 Å². The maximum Gasteiger partial charge on any atom is 0.307 e. The van der Waals surface area contributed by atoms with E-state index in [2.05, 4.69) is 9.97 Å². The third kappa shape index (κ3) is 1.84. The number of benzene rings is 1. The van der Waals surface area contributed by atoms with Crippen molar-refractivity contribution in [3.05, 3.63) is 48.5 Å². The number of rotatable bonds is 2. The summed E-state index contributed by atoms with van der Waals surface area (Å²) in [6, 6.07) is 8.46. The molecule has 0 spiro atoms. The largest absolute Gasteiger partial charge is 0.497 e. The quantitative estimate of drug-likeness (QED) is 0.566. The van der Waals surface area contributed by atoms with Gasteiger partial charge in [-0.1, -0.05) is 0 Å². The van der Waals surface area contributed by atoms with Gasteiger partial charge in [0.25, 0.3) is 0 Å². The van der Waals surface area contributed by atoms with Crippen LogP contribution in [-0.4, -0.2) is 21.5 Å². The Morgan fingerprint density at radius 3 is 2.86 bits per heavy atom. The van der Waals surface area contributed by atoms with Crippen LogP contribution in [-0.2, 0) is 0 Å². The van der Waals surface area contributed by atoms with Crippen molar-refractivity contribution in [1.82, 2.24) is 14.4 Å². The van der Waals surface area contributed by atoms with E-state index >= 15 is 0 Å². The van der Waals surface area contributed by atoms with Crippen LogP contribution in [0.4, 0.5) is 4.39 Å². The topological polar surface area (TPSA) is 52.6 Å². The SMILES string of the molecule is COc1ccc2oc3nc(-c4ccc(F)cn4)cn3c2c1. The maximum absolute atomic E-state index is 12.9. The molecule has 4 rings (SSSR count). The molecule has 0 saturated heterocycles. The number of hydrogen-bond acceptors (Lipinski definition) is 4. The molecule has 0 amide bonds. The summed E-state index contributed by atoms with van der Waals surface area (Å²) in [5.74, 6) is 0.816. The van der Waals surface area contributed by atoms with Gasteiger partial charge in [-0.2, -0.15) is 4.98 Å². The fourth-order valence-electron chi connectivity index (χ4n) is 2.26. The molecule has 1 aromatic carbocycles. The monoisotopic (exact) mass is 283 g/mol. The van der Waals surface area contributed by atoms with E-state index in [1.165, 1.54) is 6.07 Å². The molecule has 3 heterocycles. The molecule has 0 radical (unpaired) electrons. The summed E-state index contributed by atoms with van der Waals surface area (Å²) in [5.41, 5.74) is 2.78. The second-order valence-corrected chi connectivity index (χ2v) is 4.58. The van der Waals surface area contributed by atoms with Gasteiger partial charge in [0.2, 0.25) is 0 Å². The number of methoxy groups -OCH3 is 1. The molecule has 21 heavy (non-hydrogen) atoms. The van der Waals surface area contributed by atoms with Crippen molar-refractivity contribution in [1.29, 1.82) is 0 Å². The van der Waals surface area contributed by atoms with Crippen molar-refractivity contribution in [3.63, 3.8) is 0 Å². The van der Waals surface area contributed by atoms with Gasteiger partial charge < -0.3 is 9.15 Å². The predicted molar refractivity (Wildman–Crippen MR) is 74.7 cm³/mol. The number of halogens is 1. The number of oxazole rings is 1.